The summed E-state index contributed by atoms with van der Waals surface area (Å²) in [5.41, 5.74) is 1.12. The van der Waals surface area contributed by atoms with Gasteiger partial charge < -0.3 is 10.6 Å². The van der Waals surface area contributed by atoms with Crippen LogP contribution in [0, 0.1) is 5.82 Å². The van der Waals surface area contributed by atoms with Crippen molar-refractivity contribution in [3.63, 3.8) is 0 Å². The summed E-state index contributed by atoms with van der Waals surface area (Å²) in [6.07, 6.45) is 1.55. The molecule has 0 atom stereocenters. The first-order valence-electron chi connectivity index (χ1n) is 6.63. The smallest absolute Gasteiger partial charge is 0.319 e. The highest BCUT2D eigenvalue weighted by Crippen LogP contribution is 2.17. The second-order valence-corrected chi connectivity index (χ2v) is 5.83. The van der Waals surface area contributed by atoms with Gasteiger partial charge in [-0.2, -0.15) is 11.8 Å². The fourth-order valence-electron chi connectivity index (χ4n) is 1.68. The molecule has 0 saturated carbocycles. The number of carbonyl (C=O) groups is 1. The molecule has 0 bridgehead atoms. The van der Waals surface area contributed by atoms with Crippen molar-refractivity contribution in [1.29, 1.82) is 0 Å². The van der Waals surface area contributed by atoms with Gasteiger partial charge in [-0.15, -0.1) is 0 Å². The van der Waals surface area contributed by atoms with Gasteiger partial charge in [0.05, 0.1) is 5.69 Å². The Morgan fingerprint density at radius 1 is 1.27 bits per heavy atom. The lowest BCUT2D eigenvalue weighted by Crippen LogP contribution is -2.30. The van der Waals surface area contributed by atoms with E-state index in [2.05, 4.69) is 15.6 Å². The topological polar surface area (TPSA) is 54.0 Å². The lowest BCUT2D eigenvalue weighted by atomic mass is 10.2. The van der Waals surface area contributed by atoms with Crippen molar-refractivity contribution in [1.82, 2.24) is 10.3 Å². The Morgan fingerprint density at radius 3 is 2.86 bits per heavy atom. The van der Waals surface area contributed by atoms with Gasteiger partial charge in [0.15, 0.2) is 5.15 Å². The van der Waals surface area contributed by atoms with Crippen molar-refractivity contribution in [2.24, 2.45) is 0 Å². The molecule has 0 fully saturated rings. The van der Waals surface area contributed by atoms with Gasteiger partial charge in [-0.3, -0.25) is 0 Å². The molecule has 0 aliphatic rings. The highest BCUT2D eigenvalue weighted by molar-refractivity contribution is 7.98. The molecule has 0 spiro atoms. The lowest BCUT2D eigenvalue weighted by Gasteiger charge is -2.08. The van der Waals surface area contributed by atoms with Crippen molar-refractivity contribution < 1.29 is 9.18 Å². The molecule has 0 unspecified atom stereocenters. The van der Waals surface area contributed by atoms with E-state index < -0.39 is 0 Å². The number of carbonyl (C=O) groups excluding carboxylic acids is 1. The molecule has 2 aromatic rings. The van der Waals surface area contributed by atoms with Gasteiger partial charge in [-0.1, -0.05) is 29.8 Å². The minimum atomic E-state index is -0.346. The molecule has 0 aliphatic heterocycles. The summed E-state index contributed by atoms with van der Waals surface area (Å²) in [7, 11) is 0. The first-order valence-corrected chi connectivity index (χ1v) is 8.16. The number of benzene rings is 1. The normalized spacial score (nSPS) is 10.3. The van der Waals surface area contributed by atoms with Crippen LogP contribution in [0.1, 0.15) is 5.56 Å². The molecule has 116 valence electrons. The summed E-state index contributed by atoms with van der Waals surface area (Å²) >= 11 is 7.39. The van der Waals surface area contributed by atoms with Crippen LogP contribution in [0.2, 0.25) is 5.15 Å². The first-order chi connectivity index (χ1) is 10.7. The van der Waals surface area contributed by atoms with Crippen molar-refractivity contribution >= 4 is 35.1 Å². The third kappa shape index (κ3) is 5.20. The predicted molar refractivity (Wildman–Crippen MR) is 88.8 cm³/mol. The zero-order valence-corrected chi connectivity index (χ0v) is 13.3. The van der Waals surface area contributed by atoms with E-state index in [0.29, 0.717) is 29.3 Å². The zero-order chi connectivity index (χ0) is 15.8. The molecule has 0 radical (unpaired) electrons. The fraction of sp³-hybridized carbons (Fsp3) is 0.200. The van der Waals surface area contributed by atoms with Crippen LogP contribution in [0.4, 0.5) is 14.9 Å². The second kappa shape index (κ2) is 8.60. The molecular weight excluding hydrogens is 325 g/mol. The maximum atomic E-state index is 13.4. The Morgan fingerprint density at radius 2 is 2.09 bits per heavy atom. The van der Waals surface area contributed by atoms with E-state index in [1.807, 2.05) is 6.07 Å². The van der Waals surface area contributed by atoms with E-state index in [-0.39, 0.29) is 17.0 Å². The highest BCUT2D eigenvalue weighted by atomic mass is 35.5. The van der Waals surface area contributed by atoms with Crippen molar-refractivity contribution in [2.45, 2.75) is 5.75 Å². The van der Waals surface area contributed by atoms with Crippen LogP contribution in [-0.4, -0.2) is 23.3 Å². The van der Waals surface area contributed by atoms with Gasteiger partial charge in [0, 0.05) is 24.2 Å². The largest absolute Gasteiger partial charge is 0.337 e. The Hall–Kier alpha value is -1.79. The van der Waals surface area contributed by atoms with E-state index >= 15 is 0 Å². The Kier molecular flexibility index (Phi) is 6.48. The predicted octanol–water partition coefficient (Wildman–Crippen LogP) is 3.93. The molecule has 1 heterocycles. The van der Waals surface area contributed by atoms with E-state index in [0.717, 1.165) is 0 Å². The van der Waals surface area contributed by atoms with E-state index in [1.54, 1.807) is 42.2 Å². The molecule has 7 heteroatoms. The number of urea groups is 1. The maximum absolute atomic E-state index is 13.4. The quantitative estimate of drug-likeness (QED) is 0.619. The van der Waals surface area contributed by atoms with Crippen molar-refractivity contribution in [2.75, 3.05) is 17.6 Å². The van der Waals surface area contributed by atoms with Crippen molar-refractivity contribution in [3.8, 4) is 0 Å². The van der Waals surface area contributed by atoms with Crippen LogP contribution in [0.5, 0.6) is 0 Å². The van der Waals surface area contributed by atoms with Crippen LogP contribution in [0.25, 0.3) is 0 Å². The first kappa shape index (κ1) is 16.6. The van der Waals surface area contributed by atoms with E-state index in [4.69, 9.17) is 11.6 Å². The number of hydrogen-bond donors (Lipinski definition) is 2. The molecular formula is C15H15ClFN3OS. The molecule has 2 rings (SSSR count). The second-order valence-electron chi connectivity index (χ2n) is 4.37. The Labute approximate surface area is 137 Å². The Balaban J connectivity index is 1.65. The number of halogens is 2. The van der Waals surface area contributed by atoms with Crippen LogP contribution < -0.4 is 10.6 Å². The number of anilines is 1. The van der Waals surface area contributed by atoms with Gasteiger partial charge >= 0.3 is 6.03 Å². The molecule has 22 heavy (non-hydrogen) atoms. The molecule has 2 amide bonds. The Bertz CT molecular complexity index is 642. The molecule has 0 aliphatic carbocycles. The maximum Gasteiger partial charge on any atom is 0.319 e. The van der Waals surface area contributed by atoms with E-state index in [1.165, 1.54) is 6.07 Å². The van der Waals surface area contributed by atoms with Gasteiger partial charge in [0.25, 0.3) is 0 Å². The summed E-state index contributed by atoms with van der Waals surface area (Å²) in [4.78, 5) is 15.5. The number of aromatic nitrogens is 1. The van der Waals surface area contributed by atoms with Gasteiger partial charge in [0.2, 0.25) is 0 Å². The van der Waals surface area contributed by atoms with E-state index in [9.17, 15) is 9.18 Å². The molecule has 1 aromatic heterocycles. The van der Waals surface area contributed by atoms with Crippen LogP contribution >= 0.6 is 23.4 Å². The lowest BCUT2D eigenvalue weighted by molar-refractivity contribution is 0.252. The number of rotatable bonds is 6. The number of hydrogen-bond acceptors (Lipinski definition) is 3. The van der Waals surface area contributed by atoms with Gasteiger partial charge in [-0.25, -0.2) is 14.2 Å². The summed E-state index contributed by atoms with van der Waals surface area (Å²) in [6.45, 7) is 0.475. The van der Waals surface area contributed by atoms with Crippen LogP contribution in [0.15, 0.2) is 42.6 Å². The third-order valence-corrected chi connectivity index (χ3v) is 4.06. The summed E-state index contributed by atoms with van der Waals surface area (Å²) < 4.78 is 13.4. The highest BCUT2D eigenvalue weighted by Gasteiger charge is 2.05. The molecule has 1 aromatic carbocycles. The number of pyridine rings is 1. The van der Waals surface area contributed by atoms with Gasteiger partial charge in [0.1, 0.15) is 5.82 Å². The zero-order valence-electron chi connectivity index (χ0n) is 11.7. The third-order valence-electron chi connectivity index (χ3n) is 2.75. The number of nitrogens with zero attached hydrogens (tertiary/aromatic N) is 1. The number of thioether (sulfide) groups is 1. The minimum absolute atomic E-state index is 0.202. The van der Waals surface area contributed by atoms with Crippen molar-refractivity contribution in [3.05, 3.63) is 59.1 Å². The minimum Gasteiger partial charge on any atom is -0.337 e. The monoisotopic (exact) mass is 339 g/mol. The number of amides is 2. The average molecular weight is 340 g/mol. The molecule has 0 saturated heterocycles. The average Bonchev–Trinajstić information content (AvgIpc) is 2.51. The van der Waals surface area contributed by atoms with Crippen LogP contribution in [0.3, 0.4) is 0 Å². The fourth-order valence-corrected chi connectivity index (χ4v) is 2.69. The SMILES string of the molecule is O=C(NCCSCc1ccccc1F)Nc1cccnc1Cl. The molecule has 4 nitrogen and oxygen atoms in total. The number of nitrogens with one attached hydrogen (secondary N) is 2. The van der Waals surface area contributed by atoms with Crippen LogP contribution in [-0.2, 0) is 5.75 Å². The van der Waals surface area contributed by atoms with Gasteiger partial charge in [-0.05, 0) is 23.8 Å². The summed E-state index contributed by atoms with van der Waals surface area (Å²) in [5.74, 6) is 1.05. The summed E-state index contributed by atoms with van der Waals surface area (Å²) in [6, 6.07) is 9.68. The summed E-state index contributed by atoms with van der Waals surface area (Å²) in [5, 5.41) is 5.56. The standard InChI is InChI=1S/C15H15ClFN3OS/c16-14-13(6-3-7-18-14)20-15(21)19-8-9-22-10-11-4-1-2-5-12(11)17/h1-7H,8-10H2,(H2,19,20,21). The molecule has 2 N–H and O–H groups in total.